The summed E-state index contributed by atoms with van der Waals surface area (Å²) < 4.78 is 30.5. The number of phosphoric acid groups is 1. The monoisotopic (exact) mass is 1210 g/mol. The lowest BCUT2D eigenvalue weighted by molar-refractivity contribution is -0.870. The third kappa shape index (κ3) is 65.5. The lowest BCUT2D eigenvalue weighted by Crippen LogP contribution is -2.47. The van der Waals surface area contributed by atoms with E-state index in [1.54, 1.807) is 0 Å². The highest BCUT2D eigenvalue weighted by Gasteiger charge is 2.27. The molecule has 0 saturated carbocycles. The third-order valence-corrected chi connectivity index (χ3v) is 16.8. The number of rotatable bonds is 65. The van der Waals surface area contributed by atoms with Crippen molar-refractivity contribution in [1.82, 2.24) is 5.32 Å². The summed E-state index contributed by atoms with van der Waals surface area (Å²) in [6.45, 7) is 6.81. The van der Waals surface area contributed by atoms with Gasteiger partial charge in [-0.25, -0.2) is 0 Å². The van der Waals surface area contributed by atoms with E-state index >= 15 is 0 Å². The van der Waals surface area contributed by atoms with Crippen LogP contribution in [0.25, 0.3) is 0 Å². The van der Waals surface area contributed by atoms with E-state index in [0.29, 0.717) is 17.4 Å². The zero-order chi connectivity index (χ0) is 62.1. The zero-order valence-electron chi connectivity index (χ0n) is 56.6. The first-order chi connectivity index (χ1) is 41.4. The number of likely N-dealkylation sites (N-methyl/N-ethyl adjacent to an activating group) is 1. The van der Waals surface area contributed by atoms with Crippen LogP contribution in [0.15, 0.2) is 85.1 Å². The van der Waals surface area contributed by atoms with Crippen LogP contribution in [0, 0.1) is 0 Å². The summed E-state index contributed by atoms with van der Waals surface area (Å²) >= 11 is 0. The van der Waals surface area contributed by atoms with Gasteiger partial charge in [0, 0.05) is 12.8 Å². The summed E-state index contributed by atoms with van der Waals surface area (Å²) in [5.74, 6) is -0.544. The Hall–Kier alpha value is -2.81. The number of unbranched alkanes of at least 4 members (excludes halogenated alkanes) is 37. The van der Waals surface area contributed by atoms with Gasteiger partial charge in [-0.3, -0.25) is 14.2 Å². The Morgan fingerprint density at radius 2 is 0.718 bits per heavy atom. The lowest BCUT2D eigenvalue weighted by Gasteiger charge is -2.30. The van der Waals surface area contributed by atoms with Crippen LogP contribution < -0.4 is 10.2 Å². The van der Waals surface area contributed by atoms with Crippen LogP contribution in [0.5, 0.6) is 0 Å². The molecule has 0 saturated heterocycles. The van der Waals surface area contributed by atoms with Gasteiger partial charge in [-0.1, -0.05) is 292 Å². The number of quaternary nitrogens is 1. The molecule has 1 N–H and O–H groups in total. The molecule has 85 heavy (non-hydrogen) atoms. The highest BCUT2D eigenvalue weighted by Crippen LogP contribution is 2.38. The van der Waals surface area contributed by atoms with Crippen molar-refractivity contribution in [2.75, 3.05) is 40.9 Å². The van der Waals surface area contributed by atoms with Crippen LogP contribution in [0.2, 0.25) is 0 Å². The summed E-state index contributed by atoms with van der Waals surface area (Å²) in [5, 5.41) is 3.04. The molecule has 0 aromatic heterocycles. The molecule has 0 rings (SSSR count). The van der Waals surface area contributed by atoms with E-state index in [0.717, 1.165) is 96.3 Å². The summed E-state index contributed by atoms with van der Waals surface area (Å²) in [6, 6.07) is -0.898. The Kier molecular flexibility index (Phi) is 62.1. The van der Waals surface area contributed by atoms with Crippen LogP contribution in [0.1, 0.15) is 329 Å². The number of amides is 1. The van der Waals surface area contributed by atoms with Crippen LogP contribution in [-0.2, 0) is 27.9 Å². The normalized spacial score (nSPS) is 14.0. The van der Waals surface area contributed by atoms with Crippen molar-refractivity contribution in [2.24, 2.45) is 0 Å². The maximum absolute atomic E-state index is 13.6. The van der Waals surface area contributed by atoms with Crippen molar-refractivity contribution in [1.29, 1.82) is 0 Å². The molecular weight excluding hydrogens is 1070 g/mol. The summed E-state index contributed by atoms with van der Waals surface area (Å²) in [7, 11) is 1.18. The quantitative estimate of drug-likeness (QED) is 0.0212. The molecule has 0 bridgehead atoms. The Morgan fingerprint density at radius 1 is 0.412 bits per heavy atom. The fraction of sp³-hybridized carbons (Fsp3) is 0.787. The van der Waals surface area contributed by atoms with Gasteiger partial charge in [0.05, 0.1) is 33.8 Å². The van der Waals surface area contributed by atoms with Crippen molar-refractivity contribution in [2.45, 2.75) is 341 Å². The first-order valence-electron chi connectivity index (χ1n) is 35.9. The van der Waals surface area contributed by atoms with E-state index in [-0.39, 0.29) is 24.9 Å². The third-order valence-electron chi connectivity index (χ3n) is 15.8. The molecule has 494 valence electrons. The minimum absolute atomic E-state index is 0.0264. The number of allylic oxidation sites excluding steroid dienone is 13. The maximum atomic E-state index is 13.6. The number of hydrogen-bond donors (Lipinski definition) is 1. The molecule has 0 fully saturated rings. The fourth-order valence-electron chi connectivity index (χ4n) is 10.2. The minimum Gasteiger partial charge on any atom is -0.756 e. The number of hydrogen-bond acceptors (Lipinski definition) is 7. The largest absolute Gasteiger partial charge is 0.756 e. The molecule has 10 heteroatoms. The van der Waals surface area contributed by atoms with Crippen LogP contribution in [0.4, 0.5) is 0 Å². The summed E-state index contributed by atoms with van der Waals surface area (Å²) in [4.78, 5) is 40.2. The van der Waals surface area contributed by atoms with Gasteiger partial charge < -0.3 is 28.5 Å². The lowest BCUT2D eigenvalue weighted by atomic mass is 10.0. The number of phosphoric ester groups is 1. The van der Waals surface area contributed by atoms with Crippen LogP contribution in [0.3, 0.4) is 0 Å². The predicted octanol–water partition coefficient (Wildman–Crippen LogP) is 22.3. The number of nitrogens with zero attached hydrogens (tertiary/aromatic N) is 1. The standard InChI is InChI=1S/C75H137N2O7P/c1-7-10-13-16-19-22-25-28-30-32-34-36-37-38-39-41-43-45-47-50-53-56-59-62-65-68-75(79)84-73(66-63-60-57-54-51-48-27-24-21-18-15-12-9-3)72(71-83-85(80,81)82-70-69-77(4,5)6)76-74(78)67-64-61-58-55-52-49-46-44-42-40-35-33-31-29-26-23-20-17-14-11-8-2/h19-20,22-23,28-31,34-36,40,63,66,72-73H,7-18,21,24-27,32-33,37-39,41-62,64-65,67-71H2,1-6H3,(H-,76,78,80,81)/b22-19-,23-20-,30-28-,31-29-,36-34-,40-35-,66-63+. The Labute approximate surface area is 526 Å². The van der Waals surface area contributed by atoms with Crippen molar-refractivity contribution < 1.29 is 37.3 Å². The summed E-state index contributed by atoms with van der Waals surface area (Å²) in [6.07, 6.45) is 85.5. The van der Waals surface area contributed by atoms with E-state index in [1.165, 1.54) is 199 Å². The van der Waals surface area contributed by atoms with E-state index in [4.69, 9.17) is 13.8 Å². The number of esters is 1. The fourth-order valence-corrected chi connectivity index (χ4v) is 11.0. The van der Waals surface area contributed by atoms with Gasteiger partial charge >= 0.3 is 5.97 Å². The Morgan fingerprint density at radius 3 is 1.09 bits per heavy atom. The SMILES string of the molecule is CCCCC/C=C\C/C=C\C/C=C\CCCCCCCCCCCCCCC(=O)OC(/C=C/CCCCCCCCCCCCC)C(COP(=O)([O-])OCC[N+](C)(C)C)NC(=O)CCCCCCCCCC/C=C\C/C=C\C/C=C\CCCCC. The smallest absolute Gasteiger partial charge is 0.306 e. The molecule has 0 radical (unpaired) electrons. The molecule has 0 aromatic rings. The van der Waals surface area contributed by atoms with E-state index in [9.17, 15) is 19.0 Å². The van der Waals surface area contributed by atoms with E-state index in [1.807, 2.05) is 33.3 Å². The molecule has 0 heterocycles. The first kappa shape index (κ1) is 82.2. The average Bonchev–Trinajstić information content (AvgIpc) is 3.48. The van der Waals surface area contributed by atoms with Gasteiger partial charge in [0.15, 0.2) is 0 Å². The molecule has 0 aromatic carbocycles. The number of ether oxygens (including phenoxy) is 1. The van der Waals surface area contributed by atoms with Gasteiger partial charge in [0.2, 0.25) is 5.91 Å². The molecule has 0 aliphatic heterocycles. The van der Waals surface area contributed by atoms with Crippen molar-refractivity contribution in [3.05, 3.63) is 85.1 Å². The first-order valence-corrected chi connectivity index (χ1v) is 37.4. The predicted molar refractivity (Wildman–Crippen MR) is 367 cm³/mol. The van der Waals surface area contributed by atoms with Crippen LogP contribution >= 0.6 is 7.82 Å². The van der Waals surface area contributed by atoms with E-state index < -0.39 is 26.6 Å². The second kappa shape index (κ2) is 64.2. The van der Waals surface area contributed by atoms with Gasteiger partial charge in [-0.15, -0.1) is 0 Å². The zero-order valence-corrected chi connectivity index (χ0v) is 57.4. The second-order valence-corrected chi connectivity index (χ2v) is 26.8. The molecule has 3 unspecified atom stereocenters. The number of carbonyl (C=O) groups is 2. The average molecular weight is 1210 g/mol. The highest BCUT2D eigenvalue weighted by atomic mass is 31.2. The second-order valence-electron chi connectivity index (χ2n) is 25.4. The minimum atomic E-state index is -4.71. The van der Waals surface area contributed by atoms with Crippen molar-refractivity contribution in [3.8, 4) is 0 Å². The van der Waals surface area contributed by atoms with E-state index in [2.05, 4.69) is 99.0 Å². The van der Waals surface area contributed by atoms with Gasteiger partial charge in [0.1, 0.15) is 19.3 Å². The molecule has 9 nitrogen and oxygen atoms in total. The highest BCUT2D eigenvalue weighted by molar-refractivity contribution is 7.45. The van der Waals surface area contributed by atoms with Gasteiger partial charge in [-0.2, -0.15) is 0 Å². The van der Waals surface area contributed by atoms with Crippen molar-refractivity contribution >= 4 is 19.7 Å². The topological polar surface area (TPSA) is 114 Å². The Bertz CT molecular complexity index is 1730. The molecule has 0 aliphatic rings. The van der Waals surface area contributed by atoms with Gasteiger partial charge in [-0.05, 0) is 109 Å². The molecule has 0 spiro atoms. The molecular formula is C75H137N2O7P. The molecule has 1 amide bonds. The molecule has 3 atom stereocenters. The maximum Gasteiger partial charge on any atom is 0.306 e. The van der Waals surface area contributed by atoms with Gasteiger partial charge in [0.25, 0.3) is 7.82 Å². The Balaban J connectivity index is 5.12. The van der Waals surface area contributed by atoms with Crippen LogP contribution in [-0.4, -0.2) is 69.4 Å². The summed E-state index contributed by atoms with van der Waals surface area (Å²) in [5.41, 5.74) is 0. The number of nitrogens with one attached hydrogen (secondary N) is 1. The molecule has 0 aliphatic carbocycles. The van der Waals surface area contributed by atoms with Crippen molar-refractivity contribution in [3.63, 3.8) is 0 Å². The number of carbonyl (C=O) groups excluding carboxylic acids is 2.